The molecule has 0 unspecified atom stereocenters. The van der Waals surface area contributed by atoms with Crippen molar-refractivity contribution in [2.75, 3.05) is 0 Å². The normalized spacial score (nSPS) is 17.7. The van der Waals surface area contributed by atoms with E-state index in [-0.39, 0.29) is 16.7 Å². The minimum absolute atomic E-state index is 0.0351. The van der Waals surface area contributed by atoms with Gasteiger partial charge in [0.2, 0.25) is 0 Å². The molecule has 2 nitrogen and oxygen atoms in total. The van der Waals surface area contributed by atoms with Gasteiger partial charge in [-0.05, 0) is 42.9 Å². The average Bonchev–Trinajstić information content (AvgIpc) is 2.53. The SMILES string of the molecule is CC1(C)Cc2ccc(C(C)(C)C)cc2/C(=C/C(=O)c2ccccc2)N1. The third-order valence-corrected chi connectivity index (χ3v) is 4.71. The maximum atomic E-state index is 12.7. The minimum atomic E-state index is -0.0704. The summed E-state index contributed by atoms with van der Waals surface area (Å²) in [6.45, 7) is 11.0. The molecule has 0 aromatic heterocycles. The highest BCUT2D eigenvalue weighted by Crippen LogP contribution is 2.33. The van der Waals surface area contributed by atoms with E-state index in [1.165, 1.54) is 11.1 Å². The Kier molecular flexibility index (Phi) is 4.32. The van der Waals surface area contributed by atoms with Crippen LogP contribution in [0.5, 0.6) is 0 Å². The average molecular weight is 333 g/mol. The summed E-state index contributed by atoms with van der Waals surface area (Å²) in [5.74, 6) is 0.0351. The van der Waals surface area contributed by atoms with Gasteiger partial charge in [0.05, 0.1) is 0 Å². The number of nitrogens with one attached hydrogen (secondary N) is 1. The van der Waals surface area contributed by atoms with Gasteiger partial charge in [-0.2, -0.15) is 0 Å². The van der Waals surface area contributed by atoms with Crippen LogP contribution >= 0.6 is 0 Å². The zero-order valence-corrected chi connectivity index (χ0v) is 15.8. The lowest BCUT2D eigenvalue weighted by atomic mass is 9.80. The van der Waals surface area contributed by atoms with Crippen LogP contribution in [-0.4, -0.2) is 11.3 Å². The van der Waals surface area contributed by atoms with E-state index in [1.54, 1.807) is 6.08 Å². The molecule has 2 aromatic rings. The number of fused-ring (bicyclic) bond motifs is 1. The van der Waals surface area contributed by atoms with E-state index in [0.29, 0.717) is 5.56 Å². The Labute approximate surface area is 151 Å². The summed E-state index contributed by atoms with van der Waals surface area (Å²) < 4.78 is 0. The van der Waals surface area contributed by atoms with Crippen LogP contribution in [0.15, 0.2) is 54.6 Å². The maximum Gasteiger partial charge on any atom is 0.187 e. The summed E-state index contributed by atoms with van der Waals surface area (Å²) in [4.78, 5) is 12.7. The third-order valence-electron chi connectivity index (χ3n) is 4.71. The molecular weight excluding hydrogens is 306 g/mol. The highest BCUT2D eigenvalue weighted by atomic mass is 16.1. The second-order valence-electron chi connectivity index (χ2n) is 8.60. The van der Waals surface area contributed by atoms with E-state index in [4.69, 9.17) is 0 Å². The van der Waals surface area contributed by atoms with E-state index in [2.05, 4.69) is 58.1 Å². The third kappa shape index (κ3) is 3.84. The summed E-state index contributed by atoms with van der Waals surface area (Å²) in [5.41, 5.74) is 5.38. The van der Waals surface area contributed by atoms with Gasteiger partial charge in [-0.25, -0.2) is 0 Å². The van der Waals surface area contributed by atoms with Gasteiger partial charge in [-0.1, -0.05) is 63.2 Å². The molecular formula is C23H27NO. The van der Waals surface area contributed by atoms with Gasteiger partial charge < -0.3 is 5.32 Å². The Morgan fingerprint density at radius 3 is 2.40 bits per heavy atom. The lowest BCUT2D eigenvalue weighted by Crippen LogP contribution is -2.44. The van der Waals surface area contributed by atoms with Crippen LogP contribution in [0.3, 0.4) is 0 Å². The second kappa shape index (κ2) is 6.18. The standard InChI is InChI=1S/C23H27NO/c1-22(2,3)18-12-11-17-15-23(4,5)24-20(19(17)13-18)14-21(25)16-9-7-6-8-10-16/h6-14,24H,15H2,1-5H3/b20-14-. The van der Waals surface area contributed by atoms with Gasteiger partial charge in [0.25, 0.3) is 0 Å². The van der Waals surface area contributed by atoms with Crippen LogP contribution in [0.25, 0.3) is 5.70 Å². The van der Waals surface area contributed by atoms with E-state index >= 15 is 0 Å². The number of allylic oxidation sites excluding steroid dienone is 1. The smallest absolute Gasteiger partial charge is 0.187 e. The molecule has 1 N–H and O–H groups in total. The topological polar surface area (TPSA) is 29.1 Å². The molecule has 3 rings (SSSR count). The van der Waals surface area contributed by atoms with E-state index in [1.807, 2.05) is 30.3 Å². The summed E-state index contributed by atoms with van der Waals surface area (Å²) in [6, 6.07) is 16.1. The molecule has 2 heteroatoms. The quantitative estimate of drug-likeness (QED) is 0.609. The minimum Gasteiger partial charge on any atom is -0.379 e. The summed E-state index contributed by atoms with van der Waals surface area (Å²) >= 11 is 0. The van der Waals surface area contributed by atoms with Crippen molar-refractivity contribution in [3.8, 4) is 0 Å². The van der Waals surface area contributed by atoms with Crippen LogP contribution in [0.1, 0.15) is 61.7 Å². The van der Waals surface area contributed by atoms with Gasteiger partial charge in [0, 0.05) is 28.4 Å². The van der Waals surface area contributed by atoms with E-state index in [9.17, 15) is 4.79 Å². The summed E-state index contributed by atoms with van der Waals surface area (Å²) in [7, 11) is 0. The number of carbonyl (C=O) groups excluding carboxylic acids is 1. The molecule has 1 heterocycles. The first kappa shape index (κ1) is 17.5. The van der Waals surface area contributed by atoms with E-state index in [0.717, 1.165) is 17.7 Å². The summed E-state index contributed by atoms with van der Waals surface area (Å²) in [6.07, 6.45) is 2.70. The lowest BCUT2D eigenvalue weighted by Gasteiger charge is -2.36. The molecule has 0 atom stereocenters. The van der Waals surface area contributed by atoms with E-state index < -0.39 is 0 Å². The van der Waals surface area contributed by atoms with Gasteiger partial charge in [-0.3, -0.25) is 4.79 Å². The Morgan fingerprint density at radius 1 is 1.08 bits per heavy atom. The molecule has 0 fully saturated rings. The van der Waals surface area contributed by atoms with Crippen molar-refractivity contribution >= 4 is 11.5 Å². The molecule has 0 saturated carbocycles. The van der Waals surface area contributed by atoms with Crippen molar-refractivity contribution in [1.82, 2.24) is 5.32 Å². The zero-order chi connectivity index (χ0) is 18.2. The van der Waals surface area contributed by atoms with Gasteiger partial charge in [0.15, 0.2) is 5.78 Å². The fourth-order valence-electron chi connectivity index (χ4n) is 3.33. The van der Waals surface area contributed by atoms with Crippen molar-refractivity contribution in [2.45, 2.75) is 52.0 Å². The lowest BCUT2D eigenvalue weighted by molar-refractivity contribution is 0.104. The van der Waals surface area contributed by atoms with Crippen molar-refractivity contribution in [1.29, 1.82) is 0 Å². The molecule has 0 saturated heterocycles. The van der Waals surface area contributed by atoms with Gasteiger partial charge >= 0.3 is 0 Å². The predicted octanol–water partition coefficient (Wildman–Crippen LogP) is 5.13. The number of rotatable bonds is 2. The van der Waals surface area contributed by atoms with Gasteiger partial charge in [0.1, 0.15) is 0 Å². The number of hydrogen-bond donors (Lipinski definition) is 1. The van der Waals surface area contributed by atoms with Crippen LogP contribution < -0.4 is 5.32 Å². The molecule has 0 aliphatic carbocycles. The molecule has 1 aliphatic rings. The van der Waals surface area contributed by atoms with Crippen molar-refractivity contribution < 1.29 is 4.79 Å². The fourth-order valence-corrected chi connectivity index (χ4v) is 3.33. The second-order valence-corrected chi connectivity index (χ2v) is 8.60. The zero-order valence-electron chi connectivity index (χ0n) is 15.8. The molecule has 0 bridgehead atoms. The maximum absolute atomic E-state index is 12.7. The van der Waals surface area contributed by atoms with Crippen molar-refractivity contribution in [3.05, 3.63) is 76.9 Å². The predicted molar refractivity (Wildman–Crippen MR) is 105 cm³/mol. The van der Waals surface area contributed by atoms with Crippen LogP contribution in [0.4, 0.5) is 0 Å². The molecule has 0 spiro atoms. The first-order chi connectivity index (χ1) is 11.7. The number of benzene rings is 2. The highest BCUT2D eigenvalue weighted by molar-refractivity contribution is 6.08. The molecule has 2 aromatic carbocycles. The first-order valence-corrected chi connectivity index (χ1v) is 8.89. The fraction of sp³-hybridized carbons (Fsp3) is 0.348. The molecule has 25 heavy (non-hydrogen) atoms. The number of ketones is 1. The Hall–Kier alpha value is -2.35. The molecule has 0 amide bonds. The van der Waals surface area contributed by atoms with Crippen LogP contribution in [0, 0.1) is 0 Å². The largest absolute Gasteiger partial charge is 0.379 e. The van der Waals surface area contributed by atoms with Crippen LogP contribution in [0.2, 0.25) is 0 Å². The van der Waals surface area contributed by atoms with Gasteiger partial charge in [-0.15, -0.1) is 0 Å². The number of carbonyl (C=O) groups is 1. The van der Waals surface area contributed by atoms with Crippen molar-refractivity contribution in [3.63, 3.8) is 0 Å². The number of hydrogen-bond acceptors (Lipinski definition) is 2. The molecule has 0 radical (unpaired) electrons. The molecule has 1 aliphatic heterocycles. The Balaban J connectivity index is 2.08. The molecule has 130 valence electrons. The Bertz CT molecular complexity index is 823. The monoisotopic (exact) mass is 333 g/mol. The first-order valence-electron chi connectivity index (χ1n) is 8.89. The van der Waals surface area contributed by atoms with Crippen LogP contribution in [-0.2, 0) is 11.8 Å². The highest BCUT2D eigenvalue weighted by Gasteiger charge is 2.29. The Morgan fingerprint density at radius 2 is 1.76 bits per heavy atom. The van der Waals surface area contributed by atoms with Crippen molar-refractivity contribution in [2.24, 2.45) is 0 Å². The summed E-state index contributed by atoms with van der Waals surface area (Å²) in [5, 5.41) is 3.57.